The highest BCUT2D eigenvalue weighted by atomic mass is 35.5. The summed E-state index contributed by atoms with van der Waals surface area (Å²) in [6, 6.07) is 10.9. The van der Waals surface area contributed by atoms with Crippen LogP contribution in [0.25, 0.3) is 0 Å². The van der Waals surface area contributed by atoms with Gasteiger partial charge in [-0.3, -0.25) is 14.9 Å². The van der Waals surface area contributed by atoms with Crippen LogP contribution in [0, 0.1) is 10.1 Å². The van der Waals surface area contributed by atoms with Crippen LogP contribution in [-0.4, -0.2) is 41.4 Å². The Morgan fingerprint density at radius 2 is 1.93 bits per heavy atom. The van der Waals surface area contributed by atoms with Crippen molar-refractivity contribution in [3.63, 3.8) is 0 Å². The van der Waals surface area contributed by atoms with Gasteiger partial charge in [0, 0.05) is 35.8 Å². The van der Waals surface area contributed by atoms with Gasteiger partial charge >= 0.3 is 5.69 Å². The van der Waals surface area contributed by atoms with Gasteiger partial charge in [0.2, 0.25) is 5.75 Å². The topological polar surface area (TPSA) is 84.7 Å². The average molecular weight is 418 g/mol. The fourth-order valence-corrected chi connectivity index (χ4v) is 3.57. The Morgan fingerprint density at radius 3 is 2.55 bits per heavy atom. The maximum absolute atomic E-state index is 12.5. The van der Waals surface area contributed by atoms with Crippen LogP contribution in [0.2, 0.25) is 5.02 Å². The van der Waals surface area contributed by atoms with Gasteiger partial charge in [0.25, 0.3) is 5.91 Å². The van der Waals surface area contributed by atoms with Crippen molar-refractivity contribution >= 4 is 23.2 Å². The van der Waals surface area contributed by atoms with E-state index in [9.17, 15) is 14.9 Å². The molecule has 7 nitrogen and oxygen atoms in total. The van der Waals surface area contributed by atoms with Gasteiger partial charge in [-0.15, -0.1) is 0 Å². The number of halogens is 1. The predicted molar refractivity (Wildman–Crippen MR) is 112 cm³/mol. The van der Waals surface area contributed by atoms with Gasteiger partial charge in [0.1, 0.15) is 5.75 Å². The number of piperidine rings is 1. The van der Waals surface area contributed by atoms with E-state index in [0.717, 1.165) is 38.9 Å². The Bertz CT molecular complexity index is 865. The molecule has 1 heterocycles. The zero-order valence-electron chi connectivity index (χ0n) is 16.3. The molecule has 0 spiro atoms. The molecule has 0 atom stereocenters. The molecule has 1 aliphatic rings. The van der Waals surface area contributed by atoms with Crippen molar-refractivity contribution in [3.8, 4) is 11.5 Å². The standard InChI is InChI=1S/C21H24ClN3O4/c1-2-11-24-12-9-17(10-13-24)23-21(26)15-3-6-18(7-4-15)29-20-8-5-16(22)14-19(20)25(27)28/h3-8,14,17H,2,9-13H2,1H3,(H,23,26). The van der Waals surface area contributed by atoms with Crippen molar-refractivity contribution in [2.45, 2.75) is 32.2 Å². The lowest BCUT2D eigenvalue weighted by atomic mass is 10.0. The minimum atomic E-state index is -0.547. The van der Waals surface area contributed by atoms with Gasteiger partial charge in [0.15, 0.2) is 0 Å². The van der Waals surface area contributed by atoms with E-state index in [2.05, 4.69) is 17.1 Å². The lowest BCUT2D eigenvalue weighted by Crippen LogP contribution is -2.44. The normalized spacial score (nSPS) is 15.1. The number of carbonyl (C=O) groups excluding carboxylic acids is 1. The first-order valence-electron chi connectivity index (χ1n) is 9.71. The molecule has 1 aliphatic heterocycles. The maximum Gasteiger partial charge on any atom is 0.313 e. The number of ether oxygens (including phenoxy) is 1. The van der Waals surface area contributed by atoms with E-state index in [1.807, 2.05) is 0 Å². The molecule has 2 aromatic carbocycles. The molecule has 0 saturated carbocycles. The van der Waals surface area contributed by atoms with E-state index in [1.165, 1.54) is 18.2 Å². The second-order valence-corrected chi connectivity index (χ2v) is 7.52. The number of hydrogen-bond donors (Lipinski definition) is 1. The van der Waals surface area contributed by atoms with Gasteiger partial charge in [-0.2, -0.15) is 0 Å². The molecule has 154 valence electrons. The Hall–Kier alpha value is -2.64. The van der Waals surface area contributed by atoms with E-state index >= 15 is 0 Å². The Kier molecular flexibility index (Phi) is 7.06. The van der Waals surface area contributed by atoms with Gasteiger partial charge in [-0.1, -0.05) is 18.5 Å². The van der Waals surface area contributed by atoms with Crippen LogP contribution in [0.4, 0.5) is 5.69 Å². The second-order valence-electron chi connectivity index (χ2n) is 7.08. The number of amides is 1. The van der Waals surface area contributed by atoms with E-state index in [4.69, 9.17) is 16.3 Å². The third-order valence-corrected chi connectivity index (χ3v) is 5.16. The summed E-state index contributed by atoms with van der Waals surface area (Å²) >= 11 is 5.82. The molecule has 0 radical (unpaired) electrons. The van der Waals surface area contributed by atoms with Crippen molar-refractivity contribution in [3.05, 3.63) is 63.2 Å². The highest BCUT2D eigenvalue weighted by Crippen LogP contribution is 2.33. The van der Waals surface area contributed by atoms with Gasteiger partial charge < -0.3 is 15.0 Å². The third-order valence-electron chi connectivity index (χ3n) is 4.92. The summed E-state index contributed by atoms with van der Waals surface area (Å²) in [6.07, 6.45) is 3.05. The maximum atomic E-state index is 12.5. The number of hydrogen-bond acceptors (Lipinski definition) is 5. The van der Waals surface area contributed by atoms with Crippen molar-refractivity contribution < 1.29 is 14.5 Å². The molecule has 0 aromatic heterocycles. The Labute approximate surface area is 174 Å². The summed E-state index contributed by atoms with van der Waals surface area (Å²) in [5.41, 5.74) is 0.313. The fourth-order valence-electron chi connectivity index (χ4n) is 3.41. The molecular weight excluding hydrogens is 394 g/mol. The molecule has 0 aliphatic carbocycles. The number of nitrogens with zero attached hydrogens (tertiary/aromatic N) is 2. The second kappa shape index (κ2) is 9.71. The first-order valence-corrected chi connectivity index (χ1v) is 10.1. The van der Waals surface area contributed by atoms with Crippen molar-refractivity contribution in [2.75, 3.05) is 19.6 Å². The quantitative estimate of drug-likeness (QED) is 0.523. The predicted octanol–water partition coefficient (Wildman–Crippen LogP) is 4.64. The van der Waals surface area contributed by atoms with Crippen LogP contribution in [0.15, 0.2) is 42.5 Å². The number of nitro groups is 1. The molecule has 0 unspecified atom stereocenters. The van der Waals surface area contributed by atoms with Crippen molar-refractivity contribution in [2.24, 2.45) is 0 Å². The van der Waals surface area contributed by atoms with Crippen LogP contribution in [0.1, 0.15) is 36.5 Å². The van der Waals surface area contributed by atoms with Crippen LogP contribution >= 0.6 is 11.6 Å². The summed E-state index contributed by atoms with van der Waals surface area (Å²) in [5, 5.41) is 14.5. The van der Waals surface area contributed by atoms with E-state index in [1.54, 1.807) is 24.3 Å². The molecule has 3 rings (SSSR count). The van der Waals surface area contributed by atoms with Crippen LogP contribution < -0.4 is 10.1 Å². The van der Waals surface area contributed by atoms with E-state index in [0.29, 0.717) is 11.3 Å². The Morgan fingerprint density at radius 1 is 1.24 bits per heavy atom. The van der Waals surface area contributed by atoms with E-state index in [-0.39, 0.29) is 28.4 Å². The molecule has 1 N–H and O–H groups in total. The van der Waals surface area contributed by atoms with Crippen molar-refractivity contribution in [1.29, 1.82) is 0 Å². The lowest BCUT2D eigenvalue weighted by Gasteiger charge is -2.32. The number of rotatable bonds is 7. The van der Waals surface area contributed by atoms with Crippen LogP contribution in [0.5, 0.6) is 11.5 Å². The minimum absolute atomic E-state index is 0.0930. The molecule has 8 heteroatoms. The number of benzene rings is 2. The largest absolute Gasteiger partial charge is 0.450 e. The molecule has 1 amide bonds. The summed E-state index contributed by atoms with van der Waals surface area (Å²) in [6.45, 7) is 5.29. The molecule has 29 heavy (non-hydrogen) atoms. The minimum Gasteiger partial charge on any atom is -0.450 e. The molecule has 0 bridgehead atoms. The first-order chi connectivity index (χ1) is 14.0. The molecule has 1 fully saturated rings. The fraction of sp³-hybridized carbons (Fsp3) is 0.381. The van der Waals surface area contributed by atoms with Crippen molar-refractivity contribution in [1.82, 2.24) is 10.2 Å². The summed E-state index contributed by atoms with van der Waals surface area (Å²) in [4.78, 5) is 25.5. The monoisotopic (exact) mass is 417 g/mol. The highest BCUT2D eigenvalue weighted by Gasteiger charge is 2.21. The summed E-state index contributed by atoms with van der Waals surface area (Å²) < 4.78 is 5.61. The number of carbonyl (C=O) groups is 1. The third kappa shape index (κ3) is 5.68. The zero-order chi connectivity index (χ0) is 20.8. The smallest absolute Gasteiger partial charge is 0.313 e. The Balaban J connectivity index is 1.59. The number of nitro benzene ring substituents is 1. The summed E-state index contributed by atoms with van der Waals surface area (Å²) in [5.74, 6) is 0.373. The average Bonchev–Trinajstić information content (AvgIpc) is 2.71. The van der Waals surface area contributed by atoms with Gasteiger partial charge in [-0.25, -0.2) is 0 Å². The number of nitrogens with one attached hydrogen (secondary N) is 1. The zero-order valence-corrected chi connectivity index (χ0v) is 17.0. The van der Waals surface area contributed by atoms with E-state index < -0.39 is 4.92 Å². The van der Waals surface area contributed by atoms with Crippen LogP contribution in [0.3, 0.4) is 0 Å². The lowest BCUT2D eigenvalue weighted by molar-refractivity contribution is -0.385. The SMILES string of the molecule is CCCN1CCC(NC(=O)c2ccc(Oc3ccc(Cl)cc3[N+](=O)[O-])cc2)CC1. The van der Waals surface area contributed by atoms with Gasteiger partial charge in [-0.05, 0) is 62.2 Å². The highest BCUT2D eigenvalue weighted by molar-refractivity contribution is 6.30. The number of likely N-dealkylation sites (tertiary alicyclic amines) is 1. The van der Waals surface area contributed by atoms with Gasteiger partial charge in [0.05, 0.1) is 4.92 Å². The molecular formula is C21H24ClN3O4. The van der Waals surface area contributed by atoms with Crippen LogP contribution in [-0.2, 0) is 0 Å². The first kappa shape index (κ1) is 21.1. The molecule has 1 saturated heterocycles. The molecule has 2 aromatic rings. The summed E-state index contributed by atoms with van der Waals surface area (Å²) in [7, 11) is 0.